The maximum atomic E-state index is 13.6. The lowest BCUT2D eigenvalue weighted by molar-refractivity contribution is -0.125. The van der Waals surface area contributed by atoms with Crippen molar-refractivity contribution in [3.63, 3.8) is 0 Å². The number of fused-ring (bicyclic) bond motifs is 3. The summed E-state index contributed by atoms with van der Waals surface area (Å²) in [5, 5.41) is 2.92. The van der Waals surface area contributed by atoms with Crippen molar-refractivity contribution in [3.05, 3.63) is 54.6 Å². The van der Waals surface area contributed by atoms with Crippen LogP contribution in [0.2, 0.25) is 0 Å². The average Bonchev–Trinajstić information content (AvgIpc) is 3.24. The highest BCUT2D eigenvalue weighted by molar-refractivity contribution is 6.05. The van der Waals surface area contributed by atoms with Crippen molar-refractivity contribution >= 4 is 34.5 Å². The van der Waals surface area contributed by atoms with Gasteiger partial charge in [-0.05, 0) is 43.0 Å². The van der Waals surface area contributed by atoms with Crippen LogP contribution < -0.4 is 10.2 Å². The van der Waals surface area contributed by atoms with Crippen LogP contribution in [0, 0.1) is 5.92 Å². The van der Waals surface area contributed by atoms with E-state index in [1.165, 1.54) is 6.42 Å². The van der Waals surface area contributed by atoms with Gasteiger partial charge in [0.2, 0.25) is 11.9 Å². The molecule has 1 saturated carbocycles. The van der Waals surface area contributed by atoms with Crippen LogP contribution in [0.15, 0.2) is 54.6 Å². The van der Waals surface area contributed by atoms with Gasteiger partial charge in [0.25, 0.3) is 5.91 Å². The lowest BCUT2D eigenvalue weighted by Gasteiger charge is -2.35. The molecule has 1 aromatic heterocycles. The van der Waals surface area contributed by atoms with Crippen LogP contribution in [0.25, 0.3) is 11.0 Å². The third kappa shape index (κ3) is 3.16. The van der Waals surface area contributed by atoms with Gasteiger partial charge >= 0.3 is 0 Å². The van der Waals surface area contributed by atoms with E-state index in [0.29, 0.717) is 11.9 Å². The molecule has 2 aromatic carbocycles. The molecule has 0 radical (unpaired) electrons. The number of nitrogens with one attached hydrogen (secondary N) is 1. The normalized spacial score (nSPS) is 23.6. The molecule has 6 heteroatoms. The Morgan fingerprint density at radius 1 is 1.07 bits per heavy atom. The van der Waals surface area contributed by atoms with Crippen molar-refractivity contribution in [2.45, 2.75) is 51.1 Å². The second-order valence-electron chi connectivity index (χ2n) is 8.44. The molecular weight excluding hydrogens is 376 g/mol. The van der Waals surface area contributed by atoms with Crippen LogP contribution in [-0.4, -0.2) is 27.4 Å². The molecule has 3 atom stereocenters. The van der Waals surface area contributed by atoms with Crippen molar-refractivity contribution in [3.8, 4) is 0 Å². The first-order valence-corrected chi connectivity index (χ1v) is 10.8. The number of imidazole rings is 1. The first-order valence-electron chi connectivity index (χ1n) is 10.8. The van der Waals surface area contributed by atoms with E-state index < -0.39 is 6.04 Å². The molecule has 1 fully saturated rings. The van der Waals surface area contributed by atoms with E-state index in [9.17, 15) is 9.59 Å². The molecular formula is C24H26N4O2. The Morgan fingerprint density at radius 3 is 2.60 bits per heavy atom. The number of anilines is 2. The molecule has 154 valence electrons. The quantitative estimate of drug-likeness (QED) is 0.697. The van der Waals surface area contributed by atoms with Gasteiger partial charge in [0.1, 0.15) is 6.04 Å². The number of carbonyl (C=O) groups is 2. The fourth-order valence-corrected chi connectivity index (χ4v) is 4.96. The number of para-hydroxylation sites is 3. The van der Waals surface area contributed by atoms with E-state index in [1.807, 2.05) is 64.1 Å². The summed E-state index contributed by atoms with van der Waals surface area (Å²) in [7, 11) is 0. The van der Waals surface area contributed by atoms with Crippen LogP contribution in [0.5, 0.6) is 0 Å². The Morgan fingerprint density at radius 2 is 1.80 bits per heavy atom. The Kier molecular flexibility index (Phi) is 4.77. The third-order valence-electron chi connectivity index (χ3n) is 6.46. The van der Waals surface area contributed by atoms with E-state index >= 15 is 0 Å². The number of benzene rings is 2. The van der Waals surface area contributed by atoms with Crippen LogP contribution in [0.1, 0.15) is 45.1 Å². The van der Waals surface area contributed by atoms with Gasteiger partial charge in [0, 0.05) is 11.7 Å². The highest BCUT2D eigenvalue weighted by Gasteiger charge is 2.45. The lowest BCUT2D eigenvalue weighted by atomic mass is 9.85. The largest absolute Gasteiger partial charge is 0.326 e. The van der Waals surface area contributed by atoms with Crippen molar-refractivity contribution in [2.75, 3.05) is 10.2 Å². The maximum Gasteiger partial charge on any atom is 0.253 e. The summed E-state index contributed by atoms with van der Waals surface area (Å²) < 4.78 is 1.98. The smallest absolute Gasteiger partial charge is 0.253 e. The number of aromatic nitrogens is 2. The highest BCUT2D eigenvalue weighted by Crippen LogP contribution is 2.41. The molecule has 2 aliphatic rings. The van der Waals surface area contributed by atoms with Crippen LogP contribution >= 0.6 is 0 Å². The maximum absolute atomic E-state index is 13.6. The predicted molar refractivity (Wildman–Crippen MR) is 117 cm³/mol. The topological polar surface area (TPSA) is 67.2 Å². The summed E-state index contributed by atoms with van der Waals surface area (Å²) >= 11 is 0. The van der Waals surface area contributed by atoms with Gasteiger partial charge in [-0.2, -0.15) is 0 Å². The van der Waals surface area contributed by atoms with E-state index in [4.69, 9.17) is 4.98 Å². The SMILES string of the molecule is C[C@@H]1CCCC[C@@H]1N1C(=O)[C@H](CC(=O)Nc2ccccc2)n2c1nc1ccccc12. The molecule has 0 spiro atoms. The average molecular weight is 402 g/mol. The van der Waals surface area contributed by atoms with E-state index in [1.54, 1.807) is 0 Å². The van der Waals surface area contributed by atoms with Crippen LogP contribution in [0.4, 0.5) is 11.6 Å². The van der Waals surface area contributed by atoms with Gasteiger partial charge in [-0.25, -0.2) is 4.98 Å². The van der Waals surface area contributed by atoms with Crippen molar-refractivity contribution < 1.29 is 9.59 Å². The fraction of sp³-hybridized carbons (Fsp3) is 0.375. The Labute approximate surface area is 175 Å². The molecule has 2 amide bonds. The minimum atomic E-state index is -0.565. The van der Waals surface area contributed by atoms with Crippen molar-refractivity contribution in [2.24, 2.45) is 5.92 Å². The summed E-state index contributed by atoms with van der Waals surface area (Å²) in [4.78, 5) is 33.1. The molecule has 3 aromatic rings. The molecule has 30 heavy (non-hydrogen) atoms. The number of hydrogen-bond acceptors (Lipinski definition) is 3. The zero-order valence-electron chi connectivity index (χ0n) is 17.1. The Balaban J connectivity index is 1.50. The number of hydrogen-bond donors (Lipinski definition) is 1. The van der Waals surface area contributed by atoms with Gasteiger partial charge in [-0.3, -0.25) is 19.1 Å². The predicted octanol–water partition coefficient (Wildman–Crippen LogP) is 4.53. The lowest BCUT2D eigenvalue weighted by Crippen LogP contribution is -2.44. The molecule has 2 heterocycles. The van der Waals surface area contributed by atoms with Gasteiger partial charge < -0.3 is 5.32 Å². The molecule has 6 nitrogen and oxygen atoms in total. The zero-order valence-corrected chi connectivity index (χ0v) is 17.1. The van der Waals surface area contributed by atoms with Crippen LogP contribution in [-0.2, 0) is 9.59 Å². The number of rotatable bonds is 4. The second-order valence-corrected chi connectivity index (χ2v) is 8.44. The first kappa shape index (κ1) is 18.9. The fourth-order valence-electron chi connectivity index (χ4n) is 4.96. The number of carbonyl (C=O) groups excluding carboxylic acids is 2. The standard InChI is InChI=1S/C24H26N4O2/c1-16-9-5-7-13-19(16)28-23(30)21(15-22(29)25-17-10-3-2-4-11-17)27-20-14-8-6-12-18(20)26-24(27)28/h2-4,6,8,10-12,14,16,19,21H,5,7,9,13,15H2,1H3,(H,25,29)/t16-,19+,21+/m1/s1. The van der Waals surface area contributed by atoms with Gasteiger partial charge in [-0.1, -0.05) is 50.1 Å². The number of amides is 2. The summed E-state index contributed by atoms with van der Waals surface area (Å²) in [5.41, 5.74) is 2.51. The van der Waals surface area contributed by atoms with E-state index in [0.717, 1.165) is 36.0 Å². The van der Waals surface area contributed by atoms with Crippen molar-refractivity contribution in [1.82, 2.24) is 9.55 Å². The minimum Gasteiger partial charge on any atom is -0.326 e. The first-order chi connectivity index (χ1) is 14.6. The van der Waals surface area contributed by atoms with E-state index in [-0.39, 0.29) is 24.3 Å². The Bertz CT molecular complexity index is 1090. The summed E-state index contributed by atoms with van der Waals surface area (Å²) in [6.45, 7) is 2.22. The van der Waals surface area contributed by atoms with Gasteiger partial charge in [-0.15, -0.1) is 0 Å². The zero-order chi connectivity index (χ0) is 20.7. The Hall–Kier alpha value is -3.15. The second kappa shape index (κ2) is 7.59. The van der Waals surface area contributed by atoms with Crippen molar-refractivity contribution in [1.29, 1.82) is 0 Å². The molecule has 0 unspecified atom stereocenters. The summed E-state index contributed by atoms with van der Waals surface area (Å²) in [6.07, 6.45) is 4.53. The van der Waals surface area contributed by atoms with Gasteiger partial charge in [0.05, 0.1) is 17.5 Å². The number of nitrogens with zero attached hydrogens (tertiary/aromatic N) is 3. The highest BCUT2D eigenvalue weighted by atomic mass is 16.2. The molecule has 5 rings (SSSR count). The van der Waals surface area contributed by atoms with Gasteiger partial charge in [0.15, 0.2) is 0 Å². The molecule has 1 N–H and O–H groups in total. The monoisotopic (exact) mass is 402 g/mol. The molecule has 0 saturated heterocycles. The minimum absolute atomic E-state index is 0.00906. The van der Waals surface area contributed by atoms with Crippen LogP contribution in [0.3, 0.4) is 0 Å². The molecule has 1 aliphatic heterocycles. The summed E-state index contributed by atoms with van der Waals surface area (Å²) in [5.74, 6) is 0.942. The third-order valence-corrected chi connectivity index (χ3v) is 6.46. The molecule has 0 bridgehead atoms. The van der Waals surface area contributed by atoms with E-state index in [2.05, 4.69) is 12.2 Å². The molecule has 1 aliphatic carbocycles. The summed E-state index contributed by atoms with van der Waals surface area (Å²) in [6, 6.07) is 16.8.